The first-order valence-corrected chi connectivity index (χ1v) is 46.3. The molecule has 0 radical (unpaired) electrons. The van der Waals surface area contributed by atoms with Gasteiger partial charge in [0.1, 0.15) is 0 Å². The first-order chi connectivity index (χ1) is 64.9. The zero-order valence-electron chi connectivity index (χ0n) is 74.6. The summed E-state index contributed by atoms with van der Waals surface area (Å²) in [6.07, 6.45) is 14.1. The smallest absolute Gasteiger partial charge is 0.0731 e. The molecule has 0 saturated heterocycles. The normalized spacial score (nSPS) is 13.8. The van der Waals surface area contributed by atoms with Crippen LogP contribution < -0.4 is 14.7 Å². The van der Waals surface area contributed by atoms with Crippen LogP contribution in [0.1, 0.15) is 134 Å². The van der Waals surface area contributed by atoms with Gasteiger partial charge in [0.15, 0.2) is 0 Å². The van der Waals surface area contributed by atoms with Gasteiger partial charge >= 0.3 is 0 Å². The van der Waals surface area contributed by atoms with E-state index in [9.17, 15) is 0 Å². The van der Waals surface area contributed by atoms with Crippen LogP contribution in [-0.4, -0.2) is 0 Å². The molecule has 19 aromatic carbocycles. The predicted octanol–water partition coefficient (Wildman–Crippen LogP) is 33.5. The Morgan fingerprint density at radius 1 is 0.152 bits per heavy atom. The number of rotatable bonds is 15. The third-order valence-electron chi connectivity index (χ3n) is 29.2. The fourth-order valence-corrected chi connectivity index (χ4v) is 23.3. The molecular weight excluding hydrogens is 1590 g/mol. The minimum absolute atomic E-state index is 0.855. The van der Waals surface area contributed by atoms with Crippen molar-refractivity contribution in [1.82, 2.24) is 0 Å². The zero-order valence-corrected chi connectivity index (χ0v) is 74.6. The summed E-state index contributed by atoms with van der Waals surface area (Å²) in [6, 6.07) is 160. The lowest BCUT2D eigenvalue weighted by Gasteiger charge is -2.37. The molecule has 3 nitrogen and oxygen atoms in total. The van der Waals surface area contributed by atoms with Crippen molar-refractivity contribution in [1.29, 1.82) is 0 Å². The number of hydrogen-bond donors (Lipinski definition) is 0. The lowest BCUT2D eigenvalue weighted by atomic mass is 9.63. The van der Waals surface area contributed by atoms with Gasteiger partial charge in [-0.1, -0.05) is 361 Å². The fourth-order valence-electron chi connectivity index (χ4n) is 23.3. The Morgan fingerprint density at radius 2 is 0.311 bits per heavy atom. The first kappa shape index (κ1) is 78.1. The zero-order chi connectivity index (χ0) is 88.2. The van der Waals surface area contributed by atoms with Crippen LogP contribution in [0.4, 0.5) is 51.2 Å². The van der Waals surface area contributed by atoms with Gasteiger partial charge in [0, 0.05) is 51.2 Å². The van der Waals surface area contributed by atoms with Gasteiger partial charge in [-0.05, 0) is 336 Å². The van der Waals surface area contributed by atoms with Crippen molar-refractivity contribution in [2.45, 2.75) is 57.8 Å². The van der Waals surface area contributed by atoms with Gasteiger partial charge in [-0.3, -0.25) is 0 Å². The van der Waals surface area contributed by atoms with Gasteiger partial charge in [-0.2, -0.15) is 0 Å². The van der Waals surface area contributed by atoms with Crippen LogP contribution in [0, 0.1) is 41.5 Å². The number of hydrogen-bond acceptors (Lipinski definition) is 3. The molecule has 25 rings (SSSR count). The van der Waals surface area contributed by atoms with Gasteiger partial charge in [-0.15, -0.1) is 0 Å². The molecule has 3 spiro atoms. The molecule has 624 valence electrons. The number of fused-ring (bicyclic) bond motifs is 33. The van der Waals surface area contributed by atoms with Crippen molar-refractivity contribution in [2.24, 2.45) is 0 Å². The Bertz CT molecular complexity index is 6950. The lowest BCUT2D eigenvalue weighted by Crippen LogP contribution is -2.31. The highest BCUT2D eigenvalue weighted by Gasteiger charge is 2.65. The monoisotopic (exact) mass is 1680 g/mol. The maximum Gasteiger partial charge on any atom is 0.0731 e. The summed E-state index contributed by atoms with van der Waals surface area (Å²) in [6.45, 7) is 12.9. The van der Waals surface area contributed by atoms with E-state index in [0.717, 1.165) is 84.6 Å². The second-order valence-electron chi connectivity index (χ2n) is 37.0. The molecule has 0 aromatic heterocycles. The van der Waals surface area contributed by atoms with Gasteiger partial charge in [-0.25, -0.2) is 0 Å². The molecule has 0 amide bonds. The Hall–Kier alpha value is -16.2. The minimum atomic E-state index is -0.855. The number of nitrogens with zero attached hydrogens (tertiary/aromatic N) is 3. The Morgan fingerprint density at radius 3 is 0.500 bits per heavy atom. The quantitative estimate of drug-likeness (QED) is 0.0947. The van der Waals surface area contributed by atoms with Crippen molar-refractivity contribution >= 4 is 87.6 Å². The standard InChI is InChI=1S/C129H93N3/c1-82-31-58-94(59-32-82)130(95-60-33-83(2)34-61-95)100-70-49-88(50-71-100)43-46-91-55-76-109-118(79-91)127(112-25-13-7-19-103(112)104-20-8-14-26-113(104)127)124-121(109)125-123(111-78-57-93(81-120(111)128(125)114-27-15-9-21-105(114)106-22-10-16-28-115(106)128)48-45-90-53-74-102(75-54-90)132(98-66-39-86(5)40-67-98)99-68-41-87(6)42-69-99)126-122(124)110-77-56-92(80-119(110)129(126)116-29-17-11-23-107(116)108-24-12-18-30-117(108)129)47-44-89-51-72-101(73-52-89)131(96-62-35-84(3)36-63-96)97-64-37-85(4)38-65-97/h7-81H,1-6H3/b46-43+,47-44+,48-45+. The highest BCUT2D eigenvalue weighted by atomic mass is 15.2. The van der Waals surface area contributed by atoms with Crippen LogP contribution in [0.3, 0.4) is 0 Å². The second-order valence-corrected chi connectivity index (χ2v) is 37.0. The molecule has 0 heterocycles. The van der Waals surface area contributed by atoms with Gasteiger partial charge < -0.3 is 14.7 Å². The van der Waals surface area contributed by atoms with E-state index in [-0.39, 0.29) is 0 Å². The van der Waals surface area contributed by atoms with E-state index in [1.165, 1.54) is 167 Å². The molecule has 132 heavy (non-hydrogen) atoms. The van der Waals surface area contributed by atoms with E-state index in [0.29, 0.717) is 0 Å². The summed E-state index contributed by atoms with van der Waals surface area (Å²) >= 11 is 0. The van der Waals surface area contributed by atoms with Crippen molar-refractivity contribution in [3.8, 4) is 66.8 Å². The molecular formula is C129H93N3. The van der Waals surface area contributed by atoms with Crippen LogP contribution in [0.25, 0.3) is 103 Å². The maximum atomic E-state index is 2.60. The fraction of sp³-hybridized carbons (Fsp3) is 0.0698. The highest BCUT2D eigenvalue weighted by Crippen LogP contribution is 2.77. The summed E-state index contributed by atoms with van der Waals surface area (Å²) in [5, 5.41) is 0. The second kappa shape index (κ2) is 30.5. The van der Waals surface area contributed by atoms with Crippen LogP contribution in [0.2, 0.25) is 0 Å². The van der Waals surface area contributed by atoms with Crippen molar-refractivity contribution < 1.29 is 0 Å². The van der Waals surface area contributed by atoms with Gasteiger partial charge in [0.25, 0.3) is 0 Å². The Balaban J connectivity index is 0.735. The number of aryl methyl sites for hydroxylation is 6. The van der Waals surface area contributed by atoms with Gasteiger partial charge in [0.2, 0.25) is 0 Å². The highest BCUT2D eigenvalue weighted by molar-refractivity contribution is 6.14. The number of anilines is 9. The SMILES string of the molecule is Cc1ccc(N(c2ccc(C)cc2)c2ccc(/C=C/c3ccc4c(c3)C3(c5ccccc5-c5ccccc53)c3c-4c4c(c5c3-c3ccc(/C=C/c6ccc(N(c7ccc(C)cc7)c7ccc(C)cc7)cc6)cc3C53c5ccccc5-c5ccccc53)-c3ccc(/C=C/c5ccc(N(c6ccc(C)cc6)c6ccc(C)cc6)cc5)cc3C43c4ccccc4-c4ccccc43)cc2)cc1. The van der Waals surface area contributed by atoms with E-state index in [1.54, 1.807) is 0 Å². The van der Waals surface area contributed by atoms with E-state index in [2.05, 4.69) is 511 Å². The summed E-state index contributed by atoms with van der Waals surface area (Å²) in [5.41, 5.74) is 52.6. The average Bonchev–Trinajstić information content (AvgIpc) is 1.45. The minimum Gasteiger partial charge on any atom is -0.311 e. The van der Waals surface area contributed by atoms with Crippen LogP contribution in [0.5, 0.6) is 0 Å². The average molecular weight is 1690 g/mol. The van der Waals surface area contributed by atoms with Crippen molar-refractivity contribution in [3.05, 3.63) is 552 Å². The summed E-state index contributed by atoms with van der Waals surface area (Å²) in [4.78, 5) is 7.08. The van der Waals surface area contributed by atoms with E-state index in [1.807, 2.05) is 0 Å². The first-order valence-electron chi connectivity index (χ1n) is 46.3. The number of benzene rings is 19. The predicted molar refractivity (Wildman–Crippen MR) is 554 cm³/mol. The topological polar surface area (TPSA) is 9.72 Å². The van der Waals surface area contributed by atoms with E-state index < -0.39 is 16.2 Å². The Kier molecular flexibility index (Phi) is 18.0. The summed E-state index contributed by atoms with van der Waals surface area (Å²) < 4.78 is 0. The molecule has 0 atom stereocenters. The summed E-state index contributed by atoms with van der Waals surface area (Å²) in [5.74, 6) is 0. The third kappa shape index (κ3) is 11.8. The maximum absolute atomic E-state index is 2.60. The molecule has 0 aliphatic heterocycles. The molecule has 6 aliphatic carbocycles. The molecule has 19 aromatic rings. The molecule has 0 N–H and O–H groups in total. The molecule has 0 saturated carbocycles. The third-order valence-corrected chi connectivity index (χ3v) is 29.2. The Labute approximate surface area is 773 Å². The molecule has 0 fully saturated rings. The molecule has 0 unspecified atom stereocenters. The lowest BCUT2D eigenvalue weighted by molar-refractivity contribution is 0.764. The van der Waals surface area contributed by atoms with Crippen LogP contribution in [0.15, 0.2) is 419 Å². The van der Waals surface area contributed by atoms with Crippen molar-refractivity contribution in [3.63, 3.8) is 0 Å². The summed E-state index contributed by atoms with van der Waals surface area (Å²) in [7, 11) is 0. The largest absolute Gasteiger partial charge is 0.311 e. The van der Waals surface area contributed by atoms with Gasteiger partial charge in [0.05, 0.1) is 16.2 Å². The van der Waals surface area contributed by atoms with E-state index >= 15 is 0 Å². The van der Waals surface area contributed by atoms with Crippen LogP contribution in [-0.2, 0) is 16.2 Å². The van der Waals surface area contributed by atoms with Crippen LogP contribution >= 0.6 is 0 Å². The van der Waals surface area contributed by atoms with Crippen molar-refractivity contribution in [2.75, 3.05) is 14.7 Å². The molecule has 3 heteroatoms. The molecule has 0 bridgehead atoms. The molecule has 6 aliphatic rings. The van der Waals surface area contributed by atoms with E-state index in [4.69, 9.17) is 0 Å².